The highest BCUT2D eigenvalue weighted by atomic mass is 16.5. The Balaban J connectivity index is 1.78. The summed E-state index contributed by atoms with van der Waals surface area (Å²) in [6.07, 6.45) is 1.56. The number of aromatic nitrogens is 2. The van der Waals surface area contributed by atoms with Gasteiger partial charge in [0.15, 0.2) is 17.3 Å². The molecule has 0 saturated heterocycles. The third kappa shape index (κ3) is 3.15. The van der Waals surface area contributed by atoms with E-state index in [0.29, 0.717) is 39.3 Å². The van der Waals surface area contributed by atoms with E-state index in [-0.39, 0.29) is 23.5 Å². The quantitative estimate of drug-likeness (QED) is 0.449. The molecule has 33 heavy (non-hydrogen) atoms. The molecular formula is C25H19N3O5. The highest BCUT2D eigenvalue weighted by molar-refractivity contribution is 6.27. The maximum absolute atomic E-state index is 13.8. The van der Waals surface area contributed by atoms with Gasteiger partial charge in [-0.3, -0.25) is 19.0 Å². The van der Waals surface area contributed by atoms with Crippen molar-refractivity contribution in [2.45, 2.75) is 6.54 Å². The standard InChI is InChI=1S/C25H19N3O5/c1-32-17-11-10-16-20-22(14-7-3-4-8-15(14)23(20)30)28(25(31)21(16)24(17)33-2)13-19(29)27-18-9-5-6-12-26-18/h3-12H,13H2,1-2H3,(H,26,27,29). The number of methoxy groups -OCH3 is 2. The maximum Gasteiger partial charge on any atom is 0.263 e. The molecule has 0 unspecified atom stereocenters. The summed E-state index contributed by atoms with van der Waals surface area (Å²) in [4.78, 5) is 44.1. The van der Waals surface area contributed by atoms with E-state index in [1.807, 2.05) is 0 Å². The molecule has 8 heteroatoms. The van der Waals surface area contributed by atoms with Crippen LogP contribution >= 0.6 is 0 Å². The number of carbonyl (C=O) groups excluding carboxylic acids is 2. The van der Waals surface area contributed by atoms with Crippen molar-refractivity contribution in [3.8, 4) is 22.8 Å². The molecule has 1 N–H and O–H groups in total. The maximum atomic E-state index is 13.8. The van der Waals surface area contributed by atoms with Crippen LogP contribution in [0.5, 0.6) is 11.5 Å². The Morgan fingerprint density at radius 2 is 1.73 bits per heavy atom. The Kier molecular flexibility index (Phi) is 4.90. The van der Waals surface area contributed by atoms with Crippen LogP contribution in [0.15, 0.2) is 65.6 Å². The first-order chi connectivity index (χ1) is 16.0. The number of ketones is 1. The number of anilines is 1. The van der Waals surface area contributed by atoms with Gasteiger partial charge in [0, 0.05) is 22.7 Å². The molecule has 8 nitrogen and oxygen atoms in total. The summed E-state index contributed by atoms with van der Waals surface area (Å²) in [5, 5.41) is 3.33. The topological polar surface area (TPSA) is 99.5 Å². The van der Waals surface area contributed by atoms with E-state index in [4.69, 9.17) is 9.47 Å². The van der Waals surface area contributed by atoms with Gasteiger partial charge >= 0.3 is 0 Å². The minimum atomic E-state index is -0.458. The van der Waals surface area contributed by atoms with Crippen LogP contribution in [0, 0.1) is 0 Å². The fourth-order valence-electron chi connectivity index (χ4n) is 4.29. The average Bonchev–Trinajstić information content (AvgIpc) is 3.14. The Labute approximate surface area is 188 Å². The molecule has 0 aliphatic heterocycles. The average molecular weight is 441 g/mol. The molecule has 164 valence electrons. The van der Waals surface area contributed by atoms with Gasteiger partial charge in [-0.15, -0.1) is 0 Å². The second-order valence-corrected chi connectivity index (χ2v) is 7.48. The van der Waals surface area contributed by atoms with Gasteiger partial charge in [0.2, 0.25) is 5.91 Å². The lowest BCUT2D eigenvalue weighted by atomic mass is 10.0. The molecule has 0 bridgehead atoms. The molecule has 1 aliphatic rings. The van der Waals surface area contributed by atoms with E-state index < -0.39 is 11.5 Å². The molecule has 2 heterocycles. The summed E-state index contributed by atoms with van der Waals surface area (Å²) in [7, 11) is 2.90. The number of nitrogens with one attached hydrogen (secondary N) is 1. The molecule has 2 aromatic carbocycles. The molecule has 5 rings (SSSR count). The van der Waals surface area contributed by atoms with Gasteiger partial charge in [0.25, 0.3) is 5.56 Å². The predicted molar refractivity (Wildman–Crippen MR) is 123 cm³/mol. The van der Waals surface area contributed by atoms with Crippen LogP contribution in [0.4, 0.5) is 5.82 Å². The number of benzene rings is 2. The molecule has 4 aromatic rings. The molecular weight excluding hydrogens is 422 g/mol. The van der Waals surface area contributed by atoms with Crippen molar-refractivity contribution in [2.75, 3.05) is 19.5 Å². The Morgan fingerprint density at radius 1 is 0.970 bits per heavy atom. The number of pyridine rings is 2. The molecule has 0 fully saturated rings. The second kappa shape index (κ2) is 7.90. The fraction of sp³-hybridized carbons (Fsp3) is 0.120. The number of hydrogen-bond donors (Lipinski definition) is 1. The summed E-state index contributed by atoms with van der Waals surface area (Å²) >= 11 is 0. The molecule has 2 aromatic heterocycles. The molecule has 1 amide bonds. The normalized spacial score (nSPS) is 11.8. The summed E-state index contributed by atoms with van der Waals surface area (Å²) in [5.41, 5.74) is 1.40. The van der Waals surface area contributed by atoms with E-state index in [2.05, 4.69) is 10.3 Å². The Hall–Kier alpha value is -4.46. The van der Waals surface area contributed by atoms with Crippen LogP contribution in [-0.2, 0) is 11.3 Å². The number of carbonyl (C=O) groups is 2. The predicted octanol–water partition coefficient (Wildman–Crippen LogP) is 3.26. The first kappa shape index (κ1) is 20.4. The van der Waals surface area contributed by atoms with Gasteiger partial charge in [-0.2, -0.15) is 0 Å². The van der Waals surface area contributed by atoms with E-state index in [1.165, 1.54) is 18.8 Å². The van der Waals surface area contributed by atoms with Crippen molar-refractivity contribution in [1.29, 1.82) is 0 Å². The zero-order valence-electron chi connectivity index (χ0n) is 17.9. The van der Waals surface area contributed by atoms with Crippen molar-refractivity contribution >= 4 is 28.3 Å². The molecule has 0 saturated carbocycles. The minimum Gasteiger partial charge on any atom is -0.493 e. The highest BCUT2D eigenvalue weighted by Crippen LogP contribution is 2.42. The third-order valence-electron chi connectivity index (χ3n) is 5.67. The number of nitrogens with zero attached hydrogens (tertiary/aromatic N) is 2. The van der Waals surface area contributed by atoms with E-state index >= 15 is 0 Å². The number of hydrogen-bond acceptors (Lipinski definition) is 6. The number of amides is 1. The summed E-state index contributed by atoms with van der Waals surface area (Å²) in [6, 6.07) is 15.5. The third-order valence-corrected chi connectivity index (χ3v) is 5.67. The van der Waals surface area contributed by atoms with Gasteiger partial charge in [-0.1, -0.05) is 30.3 Å². The molecule has 0 radical (unpaired) electrons. The SMILES string of the molecule is COc1ccc2c3c(n(CC(=O)Nc4ccccn4)c(=O)c2c1OC)-c1ccccc1C3=O. The van der Waals surface area contributed by atoms with Crippen molar-refractivity contribution < 1.29 is 19.1 Å². The van der Waals surface area contributed by atoms with Crippen LogP contribution in [0.3, 0.4) is 0 Å². The van der Waals surface area contributed by atoms with Crippen molar-refractivity contribution in [1.82, 2.24) is 9.55 Å². The summed E-state index contributed by atoms with van der Waals surface area (Å²) in [5.74, 6) is 0.274. The number of ether oxygens (including phenoxy) is 2. The van der Waals surface area contributed by atoms with Crippen molar-refractivity contribution in [3.63, 3.8) is 0 Å². The number of fused-ring (bicyclic) bond motifs is 5. The van der Waals surface area contributed by atoms with E-state index in [0.717, 1.165) is 0 Å². The van der Waals surface area contributed by atoms with Crippen LogP contribution in [0.1, 0.15) is 15.9 Å². The minimum absolute atomic E-state index is 0.183. The lowest BCUT2D eigenvalue weighted by molar-refractivity contribution is -0.116. The summed E-state index contributed by atoms with van der Waals surface area (Å²) in [6.45, 7) is -0.310. The first-order valence-electron chi connectivity index (χ1n) is 10.2. The first-order valence-corrected chi connectivity index (χ1v) is 10.2. The largest absolute Gasteiger partial charge is 0.493 e. The van der Waals surface area contributed by atoms with Crippen LogP contribution in [0.2, 0.25) is 0 Å². The van der Waals surface area contributed by atoms with Gasteiger partial charge < -0.3 is 14.8 Å². The zero-order chi connectivity index (χ0) is 23.1. The Bertz CT molecular complexity index is 1490. The van der Waals surface area contributed by atoms with Gasteiger partial charge in [-0.25, -0.2) is 4.98 Å². The fourth-order valence-corrected chi connectivity index (χ4v) is 4.29. The molecule has 0 atom stereocenters. The van der Waals surface area contributed by atoms with Crippen LogP contribution in [0.25, 0.3) is 22.0 Å². The van der Waals surface area contributed by atoms with Gasteiger partial charge in [0.1, 0.15) is 12.4 Å². The zero-order valence-corrected chi connectivity index (χ0v) is 17.9. The van der Waals surface area contributed by atoms with E-state index in [9.17, 15) is 14.4 Å². The van der Waals surface area contributed by atoms with Crippen molar-refractivity contribution in [3.05, 3.63) is 82.3 Å². The van der Waals surface area contributed by atoms with Crippen LogP contribution < -0.4 is 20.3 Å². The van der Waals surface area contributed by atoms with Gasteiger partial charge in [-0.05, 0) is 24.3 Å². The van der Waals surface area contributed by atoms with Gasteiger partial charge in [0.05, 0.1) is 30.9 Å². The second-order valence-electron chi connectivity index (χ2n) is 7.48. The number of rotatable bonds is 5. The van der Waals surface area contributed by atoms with Crippen LogP contribution in [-0.4, -0.2) is 35.5 Å². The highest BCUT2D eigenvalue weighted by Gasteiger charge is 2.34. The summed E-state index contributed by atoms with van der Waals surface area (Å²) < 4.78 is 12.2. The Morgan fingerprint density at radius 3 is 2.42 bits per heavy atom. The monoisotopic (exact) mass is 441 g/mol. The lowest BCUT2D eigenvalue weighted by Gasteiger charge is -2.17. The molecule has 1 aliphatic carbocycles. The lowest BCUT2D eigenvalue weighted by Crippen LogP contribution is -2.30. The molecule has 0 spiro atoms. The van der Waals surface area contributed by atoms with Crippen molar-refractivity contribution in [2.24, 2.45) is 0 Å². The smallest absolute Gasteiger partial charge is 0.263 e. The van der Waals surface area contributed by atoms with E-state index in [1.54, 1.807) is 60.8 Å².